The first-order valence-corrected chi connectivity index (χ1v) is 9.20. The molecule has 2 aromatic rings. The average Bonchev–Trinajstić information content (AvgIpc) is 3.06. The predicted octanol–water partition coefficient (Wildman–Crippen LogP) is 2.95. The third kappa shape index (κ3) is 3.59. The van der Waals surface area contributed by atoms with Crippen LogP contribution >= 0.6 is 22.7 Å². The minimum absolute atomic E-state index is 0.0393. The number of nitrogens with one attached hydrogen (secondary N) is 1. The van der Waals surface area contributed by atoms with Gasteiger partial charge in [-0.25, -0.2) is 4.98 Å². The number of hydrogen-bond donors (Lipinski definition) is 2. The summed E-state index contributed by atoms with van der Waals surface area (Å²) in [5.41, 5.74) is 0. The number of aromatic nitrogens is 1. The molecule has 2 aromatic heterocycles. The fourth-order valence-electron chi connectivity index (χ4n) is 2.04. The molecule has 0 saturated carbocycles. The number of nitrogens with zero attached hydrogens (tertiary/aromatic N) is 2. The molecule has 2 N–H and O–H groups in total. The van der Waals surface area contributed by atoms with Gasteiger partial charge in [0.2, 0.25) is 0 Å². The second-order valence-corrected chi connectivity index (χ2v) is 7.41. The minimum Gasteiger partial charge on any atom is -0.396 e. The highest BCUT2D eigenvalue weighted by Gasteiger charge is 2.19. The molecule has 122 valence electrons. The lowest BCUT2D eigenvalue weighted by Gasteiger charge is -2.18. The average molecular weight is 342 g/mol. The molecule has 0 aliphatic heterocycles. The summed E-state index contributed by atoms with van der Waals surface area (Å²) in [6, 6.07) is 1.85. The van der Waals surface area contributed by atoms with Crippen LogP contribution in [0.25, 0.3) is 9.53 Å². The second kappa shape index (κ2) is 7.39. The number of fused-ring (bicyclic) bond motifs is 1. The Kier molecular flexibility index (Phi) is 5.77. The van der Waals surface area contributed by atoms with E-state index in [1.807, 2.05) is 19.9 Å². The number of thiazole rings is 1. The molecular weight excluding hydrogens is 318 g/mol. The van der Waals surface area contributed by atoms with Gasteiger partial charge in [-0.3, -0.25) is 4.79 Å². The minimum atomic E-state index is -0.0904. The van der Waals surface area contributed by atoms with Crippen molar-refractivity contribution < 1.29 is 9.90 Å². The number of amides is 1. The van der Waals surface area contributed by atoms with Gasteiger partial charge in [0.25, 0.3) is 5.91 Å². The smallest absolute Gasteiger partial charge is 0.261 e. The highest BCUT2D eigenvalue weighted by molar-refractivity contribution is 7.29. The van der Waals surface area contributed by atoms with Crippen molar-refractivity contribution in [3.8, 4) is 0 Å². The van der Waals surface area contributed by atoms with Gasteiger partial charge in [-0.2, -0.15) is 0 Å². The molecule has 2 heterocycles. The summed E-state index contributed by atoms with van der Waals surface area (Å²) < 4.78 is 1.06. The predicted molar refractivity (Wildman–Crippen MR) is 94.2 cm³/mol. The highest BCUT2D eigenvalue weighted by Crippen LogP contribution is 2.34. The van der Waals surface area contributed by atoms with E-state index >= 15 is 0 Å². The van der Waals surface area contributed by atoms with E-state index < -0.39 is 0 Å². The third-order valence-electron chi connectivity index (χ3n) is 3.84. The third-order valence-corrected chi connectivity index (χ3v) is 6.06. The largest absolute Gasteiger partial charge is 0.396 e. The SMILES string of the molecule is CCN(CC)c1nc2sc(C(=O)NC(C)C(C)CO)cc2s1. The Hall–Kier alpha value is -1.18. The molecule has 2 rings (SSSR count). The Morgan fingerprint density at radius 1 is 1.36 bits per heavy atom. The lowest BCUT2D eigenvalue weighted by atomic mass is 10.1. The summed E-state index contributed by atoms with van der Waals surface area (Å²) >= 11 is 3.05. The van der Waals surface area contributed by atoms with Gasteiger partial charge >= 0.3 is 0 Å². The zero-order valence-electron chi connectivity index (χ0n) is 13.4. The number of hydrogen-bond acceptors (Lipinski definition) is 6. The molecule has 0 aliphatic rings. The van der Waals surface area contributed by atoms with Gasteiger partial charge < -0.3 is 15.3 Å². The van der Waals surface area contributed by atoms with Crippen molar-refractivity contribution in [1.29, 1.82) is 0 Å². The Bertz CT molecular complexity index is 602. The highest BCUT2D eigenvalue weighted by atomic mass is 32.1. The van der Waals surface area contributed by atoms with Crippen LogP contribution in [-0.4, -0.2) is 41.7 Å². The maximum Gasteiger partial charge on any atom is 0.261 e. The van der Waals surface area contributed by atoms with Gasteiger partial charge in [0.15, 0.2) is 5.13 Å². The van der Waals surface area contributed by atoms with E-state index in [0.717, 1.165) is 27.8 Å². The van der Waals surface area contributed by atoms with E-state index in [1.165, 1.54) is 11.3 Å². The molecule has 2 atom stereocenters. The lowest BCUT2D eigenvalue weighted by Crippen LogP contribution is -2.37. The fourth-order valence-corrected chi connectivity index (χ4v) is 4.28. The Morgan fingerprint density at radius 2 is 2.05 bits per heavy atom. The molecule has 1 amide bonds. The van der Waals surface area contributed by atoms with Crippen LogP contribution in [0.1, 0.15) is 37.4 Å². The Balaban J connectivity index is 2.13. The van der Waals surface area contributed by atoms with Crippen LogP contribution in [-0.2, 0) is 0 Å². The van der Waals surface area contributed by atoms with E-state index in [1.54, 1.807) is 11.3 Å². The first-order chi connectivity index (χ1) is 10.5. The van der Waals surface area contributed by atoms with Crippen molar-refractivity contribution in [1.82, 2.24) is 10.3 Å². The lowest BCUT2D eigenvalue weighted by molar-refractivity contribution is 0.0920. The van der Waals surface area contributed by atoms with E-state index in [9.17, 15) is 4.79 Å². The summed E-state index contributed by atoms with van der Waals surface area (Å²) in [4.78, 5) is 20.7. The van der Waals surface area contributed by atoms with Gasteiger partial charge in [0, 0.05) is 25.7 Å². The number of aliphatic hydroxyl groups excluding tert-OH is 1. The van der Waals surface area contributed by atoms with E-state index in [-0.39, 0.29) is 24.5 Å². The quantitative estimate of drug-likeness (QED) is 0.813. The summed E-state index contributed by atoms with van der Waals surface area (Å²) in [5.74, 6) is -0.0511. The van der Waals surface area contributed by atoms with Gasteiger partial charge in [0.1, 0.15) is 4.83 Å². The van der Waals surface area contributed by atoms with Crippen molar-refractivity contribution in [3.05, 3.63) is 10.9 Å². The standard InChI is InChI=1S/C15H23N3O2S2/c1-5-18(6-2)15-17-14-12(22-15)7-11(21-14)13(20)16-10(4)9(3)8-19/h7,9-10,19H,5-6,8H2,1-4H3,(H,16,20). The molecule has 2 unspecified atom stereocenters. The summed E-state index contributed by atoms with van der Waals surface area (Å²) in [6.45, 7) is 9.97. The summed E-state index contributed by atoms with van der Waals surface area (Å²) in [6.07, 6.45) is 0. The van der Waals surface area contributed by atoms with E-state index in [0.29, 0.717) is 4.88 Å². The number of anilines is 1. The molecule has 0 fully saturated rings. The summed E-state index contributed by atoms with van der Waals surface area (Å²) in [5, 5.41) is 13.1. The fraction of sp³-hybridized carbons (Fsp3) is 0.600. The summed E-state index contributed by atoms with van der Waals surface area (Å²) in [7, 11) is 0. The Morgan fingerprint density at radius 3 is 2.59 bits per heavy atom. The van der Waals surface area contributed by atoms with Gasteiger partial charge in [-0.1, -0.05) is 18.3 Å². The first kappa shape index (κ1) is 17.2. The van der Waals surface area contributed by atoms with Crippen LogP contribution in [0.2, 0.25) is 0 Å². The van der Waals surface area contributed by atoms with Crippen LogP contribution in [0, 0.1) is 5.92 Å². The molecule has 0 saturated heterocycles. The molecule has 5 nitrogen and oxygen atoms in total. The molecule has 0 aliphatic carbocycles. The number of carbonyl (C=O) groups excluding carboxylic acids is 1. The van der Waals surface area contributed by atoms with Gasteiger partial charge in [0.05, 0.1) is 9.58 Å². The van der Waals surface area contributed by atoms with E-state index in [2.05, 4.69) is 29.0 Å². The van der Waals surface area contributed by atoms with Crippen molar-refractivity contribution in [2.45, 2.75) is 33.7 Å². The van der Waals surface area contributed by atoms with E-state index in [4.69, 9.17) is 5.11 Å². The Labute approximate surface area is 139 Å². The van der Waals surface area contributed by atoms with Crippen molar-refractivity contribution in [2.24, 2.45) is 5.92 Å². The zero-order chi connectivity index (χ0) is 16.3. The maximum absolute atomic E-state index is 12.3. The second-order valence-electron chi connectivity index (χ2n) is 5.37. The van der Waals surface area contributed by atoms with Crippen molar-refractivity contribution in [3.63, 3.8) is 0 Å². The maximum atomic E-state index is 12.3. The van der Waals surface area contributed by atoms with Crippen molar-refractivity contribution >= 4 is 43.2 Å². The number of carbonyl (C=O) groups is 1. The molecular formula is C15H23N3O2S2. The van der Waals surface area contributed by atoms with Crippen LogP contribution in [0.3, 0.4) is 0 Å². The molecule has 7 heteroatoms. The monoisotopic (exact) mass is 341 g/mol. The van der Waals surface area contributed by atoms with Crippen LogP contribution in [0.4, 0.5) is 5.13 Å². The molecule has 0 bridgehead atoms. The van der Waals surface area contributed by atoms with Crippen LogP contribution < -0.4 is 10.2 Å². The molecule has 0 spiro atoms. The first-order valence-electron chi connectivity index (χ1n) is 7.57. The number of thiophene rings is 1. The van der Waals surface area contributed by atoms with Gasteiger partial charge in [-0.05, 0) is 32.8 Å². The van der Waals surface area contributed by atoms with Crippen LogP contribution in [0.5, 0.6) is 0 Å². The number of aliphatic hydroxyl groups is 1. The molecule has 22 heavy (non-hydrogen) atoms. The zero-order valence-corrected chi connectivity index (χ0v) is 15.1. The normalized spacial score (nSPS) is 14.0. The number of rotatable bonds is 7. The molecule has 0 aromatic carbocycles. The topological polar surface area (TPSA) is 65.5 Å². The molecule has 0 radical (unpaired) electrons. The van der Waals surface area contributed by atoms with Gasteiger partial charge in [-0.15, -0.1) is 11.3 Å². The van der Waals surface area contributed by atoms with Crippen LogP contribution in [0.15, 0.2) is 6.07 Å². The van der Waals surface area contributed by atoms with Crippen molar-refractivity contribution in [2.75, 3.05) is 24.6 Å².